The second kappa shape index (κ2) is 3.94. The average molecular weight is 240 g/mol. The molecule has 0 saturated carbocycles. The summed E-state index contributed by atoms with van der Waals surface area (Å²) in [5.74, 6) is -0.210. The summed E-state index contributed by atoms with van der Waals surface area (Å²) in [4.78, 5) is 11.8. The molecule has 0 bridgehead atoms. The Hall–Kier alpha value is -0.870. The maximum absolute atomic E-state index is 11.8. The van der Waals surface area contributed by atoms with E-state index in [1.165, 1.54) is 4.01 Å². The van der Waals surface area contributed by atoms with Crippen LogP contribution < -0.4 is 0 Å². The quantitative estimate of drug-likeness (QED) is 0.746. The van der Waals surface area contributed by atoms with E-state index in [0.717, 1.165) is 10.9 Å². The monoisotopic (exact) mass is 240 g/mol. The SMILES string of the molecule is Cc1csc2scc(C(=O)OC(C)C)c12. The summed E-state index contributed by atoms with van der Waals surface area (Å²) >= 11 is 3.29. The summed E-state index contributed by atoms with van der Waals surface area (Å²) < 4.78 is 6.40. The molecule has 0 aliphatic rings. The van der Waals surface area contributed by atoms with Gasteiger partial charge in [0, 0.05) is 10.8 Å². The fourth-order valence-corrected chi connectivity index (χ4v) is 3.56. The second-order valence-corrected chi connectivity index (χ2v) is 5.70. The molecule has 2 heterocycles. The van der Waals surface area contributed by atoms with Gasteiger partial charge >= 0.3 is 5.97 Å². The minimum Gasteiger partial charge on any atom is -0.459 e. The van der Waals surface area contributed by atoms with Gasteiger partial charge in [-0.1, -0.05) is 0 Å². The normalized spacial score (nSPS) is 11.2. The molecule has 0 amide bonds. The summed E-state index contributed by atoms with van der Waals surface area (Å²) in [5.41, 5.74) is 1.87. The maximum atomic E-state index is 11.8. The molecule has 15 heavy (non-hydrogen) atoms. The average Bonchev–Trinajstić information content (AvgIpc) is 2.68. The van der Waals surface area contributed by atoms with Gasteiger partial charge in [0.2, 0.25) is 0 Å². The number of carbonyl (C=O) groups excluding carboxylic acids is 1. The number of hydrogen-bond acceptors (Lipinski definition) is 4. The van der Waals surface area contributed by atoms with Gasteiger partial charge in [-0.25, -0.2) is 4.79 Å². The number of aryl methyl sites for hydroxylation is 1. The van der Waals surface area contributed by atoms with Gasteiger partial charge in [-0.3, -0.25) is 0 Å². The fourth-order valence-electron chi connectivity index (χ4n) is 1.43. The minimum atomic E-state index is -0.210. The summed E-state index contributed by atoms with van der Waals surface area (Å²) in [6, 6.07) is 0. The topological polar surface area (TPSA) is 26.3 Å². The lowest BCUT2D eigenvalue weighted by Gasteiger charge is -2.06. The first-order chi connectivity index (χ1) is 7.09. The predicted molar refractivity (Wildman–Crippen MR) is 65.0 cm³/mol. The molecule has 0 spiro atoms. The lowest BCUT2D eigenvalue weighted by Crippen LogP contribution is -2.11. The van der Waals surface area contributed by atoms with Crippen molar-refractivity contribution < 1.29 is 9.53 Å². The van der Waals surface area contributed by atoms with Crippen LogP contribution in [0.25, 0.3) is 9.40 Å². The van der Waals surface area contributed by atoms with Gasteiger partial charge in [0.05, 0.1) is 15.7 Å². The van der Waals surface area contributed by atoms with Gasteiger partial charge in [0.25, 0.3) is 0 Å². The highest BCUT2D eigenvalue weighted by Crippen LogP contribution is 2.34. The smallest absolute Gasteiger partial charge is 0.339 e. The molecule has 2 aromatic heterocycles. The van der Waals surface area contributed by atoms with Crippen molar-refractivity contribution in [1.82, 2.24) is 0 Å². The number of ether oxygens (including phenoxy) is 1. The third-order valence-electron chi connectivity index (χ3n) is 2.06. The van der Waals surface area contributed by atoms with E-state index in [4.69, 9.17) is 4.74 Å². The molecule has 2 aromatic rings. The van der Waals surface area contributed by atoms with Crippen molar-refractivity contribution in [3.63, 3.8) is 0 Å². The number of rotatable bonds is 2. The fraction of sp³-hybridized carbons (Fsp3) is 0.364. The Morgan fingerprint density at radius 3 is 2.67 bits per heavy atom. The Kier molecular flexibility index (Phi) is 2.80. The highest BCUT2D eigenvalue weighted by molar-refractivity contribution is 7.37. The molecule has 0 aliphatic heterocycles. The first kappa shape index (κ1) is 10.6. The molecule has 0 unspecified atom stereocenters. The molecule has 2 rings (SSSR count). The van der Waals surface area contributed by atoms with Crippen LogP contribution in [0.5, 0.6) is 0 Å². The predicted octanol–water partition coefficient (Wildman–Crippen LogP) is 3.84. The van der Waals surface area contributed by atoms with Crippen molar-refractivity contribution in [1.29, 1.82) is 0 Å². The van der Waals surface area contributed by atoms with Crippen molar-refractivity contribution >= 4 is 38.0 Å². The summed E-state index contributed by atoms with van der Waals surface area (Å²) in [6.45, 7) is 5.75. The van der Waals surface area contributed by atoms with Gasteiger partial charge in [-0.2, -0.15) is 0 Å². The third kappa shape index (κ3) is 1.92. The van der Waals surface area contributed by atoms with Crippen LogP contribution in [0.15, 0.2) is 10.8 Å². The van der Waals surface area contributed by atoms with Crippen LogP contribution in [0.2, 0.25) is 0 Å². The Labute approximate surface area is 96.5 Å². The molecule has 0 radical (unpaired) electrons. The number of esters is 1. The summed E-state index contributed by atoms with van der Waals surface area (Å²) in [5, 5.41) is 5.03. The van der Waals surface area contributed by atoms with Crippen LogP contribution in [0.1, 0.15) is 29.8 Å². The summed E-state index contributed by atoms with van der Waals surface area (Å²) in [7, 11) is 0. The zero-order valence-corrected chi connectivity index (χ0v) is 10.5. The van der Waals surface area contributed by atoms with Gasteiger partial charge in [-0.15, -0.1) is 22.7 Å². The highest BCUT2D eigenvalue weighted by Gasteiger charge is 2.17. The first-order valence-electron chi connectivity index (χ1n) is 4.76. The summed E-state index contributed by atoms with van der Waals surface area (Å²) in [6.07, 6.45) is -0.0635. The van der Waals surface area contributed by atoms with E-state index in [-0.39, 0.29) is 12.1 Å². The van der Waals surface area contributed by atoms with Crippen molar-refractivity contribution in [2.75, 3.05) is 0 Å². The van der Waals surface area contributed by atoms with Gasteiger partial charge < -0.3 is 4.74 Å². The van der Waals surface area contributed by atoms with E-state index in [1.807, 2.05) is 26.2 Å². The molecule has 0 aliphatic carbocycles. The van der Waals surface area contributed by atoms with E-state index in [1.54, 1.807) is 22.7 Å². The molecule has 0 atom stereocenters. The van der Waals surface area contributed by atoms with Crippen LogP contribution in [-0.2, 0) is 4.74 Å². The van der Waals surface area contributed by atoms with Crippen molar-refractivity contribution in [2.45, 2.75) is 26.9 Å². The highest BCUT2D eigenvalue weighted by atomic mass is 32.2. The molecule has 0 aromatic carbocycles. The van der Waals surface area contributed by atoms with Crippen LogP contribution in [0, 0.1) is 6.92 Å². The zero-order valence-electron chi connectivity index (χ0n) is 8.87. The van der Waals surface area contributed by atoms with E-state index in [9.17, 15) is 4.79 Å². The van der Waals surface area contributed by atoms with Crippen molar-refractivity contribution in [2.24, 2.45) is 0 Å². The van der Waals surface area contributed by atoms with Gasteiger partial charge in [0.15, 0.2) is 0 Å². The van der Waals surface area contributed by atoms with Crippen LogP contribution in [0.4, 0.5) is 0 Å². The van der Waals surface area contributed by atoms with E-state index < -0.39 is 0 Å². The largest absolute Gasteiger partial charge is 0.459 e. The Morgan fingerprint density at radius 1 is 1.33 bits per heavy atom. The van der Waals surface area contributed by atoms with Crippen LogP contribution >= 0.6 is 22.7 Å². The van der Waals surface area contributed by atoms with E-state index in [2.05, 4.69) is 5.38 Å². The third-order valence-corrected chi connectivity index (χ3v) is 4.30. The van der Waals surface area contributed by atoms with Gasteiger partial charge in [0.1, 0.15) is 0 Å². The maximum Gasteiger partial charge on any atom is 0.339 e. The Balaban J connectivity index is 2.43. The molecule has 2 nitrogen and oxygen atoms in total. The molecule has 0 N–H and O–H groups in total. The second-order valence-electron chi connectivity index (χ2n) is 3.68. The number of carbonyl (C=O) groups is 1. The molecule has 80 valence electrons. The molecule has 0 fully saturated rings. The molecular formula is C11H12O2S2. The standard InChI is InChI=1S/C11H12O2S2/c1-6(2)13-10(12)8-5-15-11-9(8)7(3)4-14-11/h4-6H,1-3H3. The molecular weight excluding hydrogens is 228 g/mol. The number of fused-ring (bicyclic) bond motifs is 1. The number of hydrogen-bond donors (Lipinski definition) is 0. The lowest BCUT2D eigenvalue weighted by atomic mass is 10.2. The van der Waals surface area contributed by atoms with E-state index in [0.29, 0.717) is 5.56 Å². The Bertz CT molecular complexity index is 494. The van der Waals surface area contributed by atoms with Crippen molar-refractivity contribution in [3.05, 3.63) is 21.9 Å². The zero-order chi connectivity index (χ0) is 11.0. The minimum absolute atomic E-state index is 0.0635. The number of thiophene rings is 2. The van der Waals surface area contributed by atoms with Crippen LogP contribution in [0.3, 0.4) is 0 Å². The van der Waals surface area contributed by atoms with Crippen LogP contribution in [-0.4, -0.2) is 12.1 Å². The first-order valence-corrected chi connectivity index (χ1v) is 6.51. The van der Waals surface area contributed by atoms with Gasteiger partial charge in [-0.05, 0) is 31.7 Å². The molecule has 4 heteroatoms. The van der Waals surface area contributed by atoms with E-state index >= 15 is 0 Å². The van der Waals surface area contributed by atoms with Crippen molar-refractivity contribution in [3.8, 4) is 0 Å². The Morgan fingerprint density at radius 2 is 2.00 bits per heavy atom. The molecule has 0 saturated heterocycles. The lowest BCUT2D eigenvalue weighted by molar-refractivity contribution is 0.0381.